The normalized spacial score (nSPS) is 17.6. The standard InChI is InChI=1S/C12H17NO3/c1-9(14)6-11-8-13-12(16-11)7-10-2-4-15-5-3-10/h8,10H,2-7H2,1H3. The van der Waals surface area contributed by atoms with Gasteiger partial charge in [0.15, 0.2) is 5.89 Å². The maximum atomic E-state index is 10.9. The van der Waals surface area contributed by atoms with Crippen molar-refractivity contribution in [3.8, 4) is 0 Å². The second-order valence-electron chi connectivity index (χ2n) is 4.36. The monoisotopic (exact) mass is 223 g/mol. The molecule has 0 spiro atoms. The van der Waals surface area contributed by atoms with E-state index in [1.54, 1.807) is 13.1 Å². The minimum Gasteiger partial charge on any atom is -0.445 e. The van der Waals surface area contributed by atoms with Crippen LogP contribution in [-0.2, 0) is 22.4 Å². The van der Waals surface area contributed by atoms with E-state index < -0.39 is 0 Å². The molecular formula is C12H17NO3. The predicted molar refractivity (Wildman–Crippen MR) is 58.1 cm³/mol. The SMILES string of the molecule is CC(=O)Cc1cnc(CC2CCOCC2)o1. The Morgan fingerprint density at radius 3 is 2.94 bits per heavy atom. The molecule has 88 valence electrons. The Labute approximate surface area is 95.0 Å². The fourth-order valence-electron chi connectivity index (χ4n) is 1.97. The van der Waals surface area contributed by atoms with Gasteiger partial charge in [0.25, 0.3) is 0 Å². The van der Waals surface area contributed by atoms with Crippen molar-refractivity contribution < 1.29 is 13.9 Å². The quantitative estimate of drug-likeness (QED) is 0.780. The first kappa shape index (κ1) is 11.3. The zero-order valence-corrected chi connectivity index (χ0v) is 9.57. The molecule has 1 saturated heterocycles. The average Bonchev–Trinajstić information content (AvgIpc) is 2.66. The van der Waals surface area contributed by atoms with Crippen LogP contribution in [0.25, 0.3) is 0 Å². The number of hydrogen-bond donors (Lipinski definition) is 0. The summed E-state index contributed by atoms with van der Waals surface area (Å²) < 4.78 is 10.8. The summed E-state index contributed by atoms with van der Waals surface area (Å²) in [6, 6.07) is 0. The fraction of sp³-hybridized carbons (Fsp3) is 0.667. The van der Waals surface area contributed by atoms with Gasteiger partial charge in [0.1, 0.15) is 11.5 Å². The second kappa shape index (κ2) is 5.25. The lowest BCUT2D eigenvalue weighted by molar-refractivity contribution is -0.116. The Balaban J connectivity index is 1.88. The lowest BCUT2D eigenvalue weighted by Gasteiger charge is -2.20. The van der Waals surface area contributed by atoms with Crippen molar-refractivity contribution in [2.75, 3.05) is 13.2 Å². The highest BCUT2D eigenvalue weighted by atomic mass is 16.5. The highest BCUT2D eigenvalue weighted by Gasteiger charge is 2.17. The summed E-state index contributed by atoms with van der Waals surface area (Å²) in [5.41, 5.74) is 0. The molecule has 0 aromatic carbocycles. The van der Waals surface area contributed by atoms with Gasteiger partial charge in [-0.3, -0.25) is 4.79 Å². The van der Waals surface area contributed by atoms with E-state index in [9.17, 15) is 4.79 Å². The lowest BCUT2D eigenvalue weighted by Crippen LogP contribution is -2.17. The maximum absolute atomic E-state index is 10.9. The molecule has 1 aromatic rings. The van der Waals surface area contributed by atoms with Crippen LogP contribution in [0.3, 0.4) is 0 Å². The van der Waals surface area contributed by atoms with Crippen LogP contribution in [0.5, 0.6) is 0 Å². The van der Waals surface area contributed by atoms with Gasteiger partial charge in [0.05, 0.1) is 12.6 Å². The van der Waals surface area contributed by atoms with E-state index in [1.807, 2.05) is 0 Å². The lowest BCUT2D eigenvalue weighted by atomic mass is 9.97. The summed E-state index contributed by atoms with van der Waals surface area (Å²) in [6.45, 7) is 3.23. The van der Waals surface area contributed by atoms with Crippen molar-refractivity contribution in [2.45, 2.75) is 32.6 Å². The molecule has 4 nitrogen and oxygen atoms in total. The number of oxazole rings is 1. The van der Waals surface area contributed by atoms with Gasteiger partial charge in [0, 0.05) is 19.6 Å². The van der Waals surface area contributed by atoms with E-state index in [-0.39, 0.29) is 5.78 Å². The zero-order chi connectivity index (χ0) is 11.4. The first-order chi connectivity index (χ1) is 7.74. The van der Waals surface area contributed by atoms with Gasteiger partial charge >= 0.3 is 0 Å². The molecular weight excluding hydrogens is 206 g/mol. The molecule has 4 heteroatoms. The number of ketones is 1. The van der Waals surface area contributed by atoms with E-state index in [1.165, 1.54) is 0 Å². The molecule has 0 radical (unpaired) electrons. The third-order valence-electron chi connectivity index (χ3n) is 2.83. The molecule has 1 aromatic heterocycles. The van der Waals surface area contributed by atoms with Crippen molar-refractivity contribution in [3.63, 3.8) is 0 Å². The molecule has 0 bridgehead atoms. The van der Waals surface area contributed by atoms with Gasteiger partial charge in [-0.05, 0) is 25.7 Å². The molecule has 1 fully saturated rings. The Morgan fingerprint density at radius 1 is 1.50 bits per heavy atom. The van der Waals surface area contributed by atoms with Crippen molar-refractivity contribution >= 4 is 5.78 Å². The molecule has 2 rings (SSSR count). The highest BCUT2D eigenvalue weighted by Crippen LogP contribution is 2.20. The summed E-state index contributed by atoms with van der Waals surface area (Å²) in [5, 5.41) is 0. The number of ether oxygens (including phenoxy) is 1. The van der Waals surface area contributed by atoms with Gasteiger partial charge < -0.3 is 9.15 Å². The number of aromatic nitrogens is 1. The van der Waals surface area contributed by atoms with E-state index in [0.29, 0.717) is 18.1 Å². The Bertz CT molecular complexity index is 353. The van der Waals surface area contributed by atoms with Gasteiger partial charge in [-0.2, -0.15) is 0 Å². The molecule has 0 saturated carbocycles. The van der Waals surface area contributed by atoms with E-state index in [4.69, 9.17) is 9.15 Å². The minimum absolute atomic E-state index is 0.105. The molecule has 1 aliphatic rings. The molecule has 16 heavy (non-hydrogen) atoms. The fourth-order valence-corrected chi connectivity index (χ4v) is 1.97. The van der Waals surface area contributed by atoms with Crippen LogP contribution in [0, 0.1) is 5.92 Å². The van der Waals surface area contributed by atoms with Gasteiger partial charge in [-0.15, -0.1) is 0 Å². The predicted octanol–water partition coefficient (Wildman–Crippen LogP) is 1.78. The first-order valence-electron chi connectivity index (χ1n) is 5.75. The van der Waals surface area contributed by atoms with E-state index in [2.05, 4.69) is 4.98 Å². The Morgan fingerprint density at radius 2 is 2.25 bits per heavy atom. The molecule has 0 amide bonds. The van der Waals surface area contributed by atoms with Gasteiger partial charge in [-0.1, -0.05) is 0 Å². The topological polar surface area (TPSA) is 52.3 Å². The van der Waals surface area contributed by atoms with E-state index in [0.717, 1.165) is 38.4 Å². The number of carbonyl (C=O) groups is 1. The van der Waals surface area contributed by atoms with Crippen LogP contribution >= 0.6 is 0 Å². The summed E-state index contributed by atoms with van der Waals surface area (Å²) in [6.07, 6.45) is 5.02. The third-order valence-corrected chi connectivity index (χ3v) is 2.83. The molecule has 2 heterocycles. The third kappa shape index (κ3) is 3.17. The van der Waals surface area contributed by atoms with Gasteiger partial charge in [-0.25, -0.2) is 4.98 Å². The number of carbonyl (C=O) groups excluding carboxylic acids is 1. The molecule has 0 aliphatic carbocycles. The molecule has 1 aliphatic heterocycles. The minimum atomic E-state index is 0.105. The smallest absolute Gasteiger partial charge is 0.194 e. The molecule has 0 unspecified atom stereocenters. The van der Waals surface area contributed by atoms with Crippen LogP contribution in [0.15, 0.2) is 10.6 Å². The number of Topliss-reactive ketones (excluding diaryl/α,β-unsaturated/α-hetero) is 1. The van der Waals surface area contributed by atoms with Crippen LogP contribution in [0.4, 0.5) is 0 Å². The maximum Gasteiger partial charge on any atom is 0.194 e. The molecule has 0 N–H and O–H groups in total. The van der Waals surface area contributed by atoms with Crippen molar-refractivity contribution in [2.24, 2.45) is 5.92 Å². The van der Waals surface area contributed by atoms with Crippen LogP contribution in [0.2, 0.25) is 0 Å². The first-order valence-corrected chi connectivity index (χ1v) is 5.75. The van der Waals surface area contributed by atoms with Gasteiger partial charge in [0.2, 0.25) is 0 Å². The highest BCUT2D eigenvalue weighted by molar-refractivity contribution is 5.77. The zero-order valence-electron chi connectivity index (χ0n) is 9.57. The Hall–Kier alpha value is -1.16. The Kier molecular flexibility index (Phi) is 3.72. The van der Waals surface area contributed by atoms with E-state index >= 15 is 0 Å². The number of nitrogens with zero attached hydrogens (tertiary/aromatic N) is 1. The van der Waals surface area contributed by atoms with Crippen LogP contribution < -0.4 is 0 Å². The van der Waals surface area contributed by atoms with Crippen molar-refractivity contribution in [1.29, 1.82) is 0 Å². The number of hydrogen-bond acceptors (Lipinski definition) is 4. The van der Waals surface area contributed by atoms with Crippen molar-refractivity contribution in [1.82, 2.24) is 4.98 Å². The van der Waals surface area contributed by atoms with Crippen LogP contribution in [0.1, 0.15) is 31.4 Å². The summed E-state index contributed by atoms with van der Waals surface area (Å²) in [7, 11) is 0. The van der Waals surface area contributed by atoms with Crippen LogP contribution in [-0.4, -0.2) is 24.0 Å². The molecule has 0 atom stereocenters. The second-order valence-corrected chi connectivity index (χ2v) is 4.36. The summed E-state index contributed by atoms with van der Waals surface area (Å²) in [4.78, 5) is 15.1. The van der Waals surface area contributed by atoms with Crippen molar-refractivity contribution in [3.05, 3.63) is 17.8 Å². The number of rotatable bonds is 4. The largest absolute Gasteiger partial charge is 0.445 e. The average molecular weight is 223 g/mol. The summed E-state index contributed by atoms with van der Waals surface area (Å²) >= 11 is 0. The summed E-state index contributed by atoms with van der Waals surface area (Å²) in [5.74, 6) is 2.14.